The van der Waals surface area contributed by atoms with Gasteiger partial charge in [0.1, 0.15) is 5.75 Å². The Kier molecular flexibility index (Phi) is 6.34. The van der Waals surface area contributed by atoms with Crippen molar-refractivity contribution in [2.45, 2.75) is 32.3 Å². The molecule has 0 radical (unpaired) electrons. The summed E-state index contributed by atoms with van der Waals surface area (Å²) in [4.78, 5) is 0. The van der Waals surface area contributed by atoms with E-state index < -0.39 is 0 Å². The number of aliphatic hydroxyl groups is 1. The molecule has 2 N–H and O–H groups in total. The monoisotopic (exact) mass is 216 g/mol. The van der Waals surface area contributed by atoms with Crippen LogP contribution in [0.15, 0.2) is 24.3 Å². The molecule has 0 fully saturated rings. The summed E-state index contributed by atoms with van der Waals surface area (Å²) >= 11 is 0. The molecule has 1 rings (SSSR count). The molecular weight excluding hydrogens is 200 g/mol. The summed E-state index contributed by atoms with van der Waals surface area (Å²) in [5.74, 6) is 0.295. The van der Waals surface area contributed by atoms with Crippen LogP contribution in [0.25, 0.3) is 0 Å². The third-order valence-corrected chi connectivity index (χ3v) is 2.15. The van der Waals surface area contributed by atoms with Gasteiger partial charge in [-0.1, -0.05) is 19.1 Å². The predicted octanol–water partition coefficient (Wildman–Crippen LogP) is 2.52. The quantitative estimate of drug-likeness (QED) is 0.812. The van der Waals surface area contributed by atoms with Crippen molar-refractivity contribution in [2.75, 3.05) is 0 Å². The van der Waals surface area contributed by atoms with Crippen molar-refractivity contribution in [1.82, 2.24) is 0 Å². The maximum absolute atomic E-state index is 9.33. The zero-order chi connectivity index (χ0) is 9.68. The van der Waals surface area contributed by atoms with Crippen LogP contribution in [0.3, 0.4) is 0 Å². The zero-order valence-electron chi connectivity index (χ0n) is 8.31. The second kappa shape index (κ2) is 6.68. The summed E-state index contributed by atoms with van der Waals surface area (Å²) in [6, 6.07) is 7.17. The first kappa shape index (κ1) is 13.3. The van der Waals surface area contributed by atoms with Gasteiger partial charge >= 0.3 is 0 Å². The third-order valence-electron chi connectivity index (χ3n) is 2.15. The largest absolute Gasteiger partial charge is 0.508 e. The van der Waals surface area contributed by atoms with Gasteiger partial charge in [-0.3, -0.25) is 0 Å². The lowest BCUT2D eigenvalue weighted by atomic mass is 10.1. The number of aryl methyl sites for hydroxylation is 1. The van der Waals surface area contributed by atoms with Crippen molar-refractivity contribution in [3.63, 3.8) is 0 Å². The molecule has 80 valence electrons. The molecule has 0 spiro atoms. The lowest BCUT2D eigenvalue weighted by Crippen LogP contribution is -2.05. The first-order valence-electron chi connectivity index (χ1n) is 4.68. The van der Waals surface area contributed by atoms with E-state index in [0.29, 0.717) is 5.75 Å². The first-order chi connectivity index (χ1) is 6.22. The highest BCUT2D eigenvalue weighted by atomic mass is 35.5. The molecule has 0 amide bonds. The van der Waals surface area contributed by atoms with Crippen LogP contribution in [0.2, 0.25) is 0 Å². The van der Waals surface area contributed by atoms with Gasteiger partial charge in [-0.25, -0.2) is 0 Å². The molecule has 1 aromatic rings. The molecular formula is C11H17ClO2. The summed E-state index contributed by atoms with van der Waals surface area (Å²) in [7, 11) is 0. The fourth-order valence-corrected chi connectivity index (χ4v) is 1.25. The maximum atomic E-state index is 9.33. The second-order valence-electron chi connectivity index (χ2n) is 3.27. The molecule has 2 nitrogen and oxygen atoms in total. The summed E-state index contributed by atoms with van der Waals surface area (Å²) in [5, 5.41) is 18.5. The minimum atomic E-state index is -0.220. The van der Waals surface area contributed by atoms with Crippen molar-refractivity contribution in [2.24, 2.45) is 0 Å². The van der Waals surface area contributed by atoms with Gasteiger partial charge in [0, 0.05) is 0 Å². The minimum absolute atomic E-state index is 0. The highest BCUT2D eigenvalue weighted by Crippen LogP contribution is 2.13. The number of rotatable bonds is 4. The Hall–Kier alpha value is -0.730. The molecule has 14 heavy (non-hydrogen) atoms. The van der Waals surface area contributed by atoms with Gasteiger partial charge in [-0.15, -0.1) is 12.4 Å². The topological polar surface area (TPSA) is 40.5 Å². The maximum Gasteiger partial charge on any atom is 0.115 e. The summed E-state index contributed by atoms with van der Waals surface area (Å²) < 4.78 is 0. The number of halogens is 1. The second-order valence-corrected chi connectivity index (χ2v) is 3.27. The van der Waals surface area contributed by atoms with Gasteiger partial charge in [0.25, 0.3) is 0 Å². The standard InChI is InChI=1S/C11H16O2.ClH/c1-2-10(12)7-6-9-4-3-5-11(13)8-9;/h3-5,8,10,12-13H,2,6-7H2,1H3;1H. The highest BCUT2D eigenvalue weighted by Gasteiger charge is 2.01. The molecule has 0 aromatic heterocycles. The number of hydrogen-bond acceptors (Lipinski definition) is 2. The van der Waals surface area contributed by atoms with Gasteiger partial charge < -0.3 is 10.2 Å². The lowest BCUT2D eigenvalue weighted by molar-refractivity contribution is 0.160. The van der Waals surface area contributed by atoms with Crippen LogP contribution in [0, 0.1) is 0 Å². The van der Waals surface area contributed by atoms with Crippen molar-refractivity contribution >= 4 is 12.4 Å². The average Bonchev–Trinajstić information content (AvgIpc) is 2.14. The smallest absolute Gasteiger partial charge is 0.115 e. The van der Waals surface area contributed by atoms with Crippen LogP contribution in [-0.2, 0) is 6.42 Å². The fourth-order valence-electron chi connectivity index (χ4n) is 1.25. The highest BCUT2D eigenvalue weighted by molar-refractivity contribution is 5.85. The molecule has 0 saturated heterocycles. The van der Waals surface area contributed by atoms with E-state index in [-0.39, 0.29) is 18.5 Å². The van der Waals surface area contributed by atoms with E-state index in [1.165, 1.54) is 0 Å². The fraction of sp³-hybridized carbons (Fsp3) is 0.455. The van der Waals surface area contributed by atoms with Crippen molar-refractivity contribution in [3.8, 4) is 5.75 Å². The lowest BCUT2D eigenvalue weighted by Gasteiger charge is -2.07. The van der Waals surface area contributed by atoms with Crippen LogP contribution in [0.4, 0.5) is 0 Å². The number of phenols is 1. The van der Waals surface area contributed by atoms with Gasteiger partial charge in [-0.2, -0.15) is 0 Å². The molecule has 0 bridgehead atoms. The normalized spacial score (nSPS) is 11.9. The molecule has 0 aliphatic heterocycles. The number of benzene rings is 1. The average molecular weight is 217 g/mol. The van der Waals surface area contributed by atoms with Gasteiger partial charge in [-0.05, 0) is 37.0 Å². The van der Waals surface area contributed by atoms with Gasteiger partial charge in [0.15, 0.2) is 0 Å². The Labute approximate surface area is 91.0 Å². The molecule has 1 aromatic carbocycles. The van der Waals surface area contributed by atoms with Gasteiger partial charge in [0.2, 0.25) is 0 Å². The first-order valence-corrected chi connectivity index (χ1v) is 4.68. The molecule has 0 aliphatic carbocycles. The number of aromatic hydroxyl groups is 1. The predicted molar refractivity (Wildman–Crippen MR) is 60.0 cm³/mol. The van der Waals surface area contributed by atoms with Crippen LogP contribution < -0.4 is 0 Å². The molecule has 1 unspecified atom stereocenters. The van der Waals surface area contributed by atoms with E-state index in [0.717, 1.165) is 24.8 Å². The molecule has 0 heterocycles. The van der Waals surface area contributed by atoms with E-state index >= 15 is 0 Å². The zero-order valence-corrected chi connectivity index (χ0v) is 9.13. The van der Waals surface area contributed by atoms with Crippen molar-refractivity contribution in [1.29, 1.82) is 0 Å². The van der Waals surface area contributed by atoms with Gasteiger partial charge in [0.05, 0.1) is 6.10 Å². The SMILES string of the molecule is CCC(O)CCc1cccc(O)c1.Cl. The number of aliphatic hydroxyl groups excluding tert-OH is 1. The van der Waals surface area contributed by atoms with Crippen LogP contribution in [0.5, 0.6) is 5.75 Å². The Morgan fingerprint density at radius 3 is 2.64 bits per heavy atom. The van der Waals surface area contributed by atoms with Crippen LogP contribution >= 0.6 is 12.4 Å². The molecule has 1 atom stereocenters. The van der Waals surface area contributed by atoms with E-state index in [9.17, 15) is 10.2 Å². The summed E-state index contributed by atoms with van der Waals surface area (Å²) in [6.07, 6.45) is 2.16. The van der Waals surface area contributed by atoms with Crippen molar-refractivity contribution < 1.29 is 10.2 Å². The summed E-state index contributed by atoms with van der Waals surface area (Å²) in [6.45, 7) is 1.97. The molecule has 3 heteroatoms. The van der Waals surface area contributed by atoms with Crippen molar-refractivity contribution in [3.05, 3.63) is 29.8 Å². The Balaban J connectivity index is 0.00000169. The van der Waals surface area contributed by atoms with E-state index in [1.807, 2.05) is 19.1 Å². The van der Waals surface area contributed by atoms with Crippen LogP contribution in [0.1, 0.15) is 25.3 Å². The van der Waals surface area contributed by atoms with E-state index in [1.54, 1.807) is 12.1 Å². The molecule has 0 saturated carbocycles. The van der Waals surface area contributed by atoms with E-state index in [4.69, 9.17) is 0 Å². The number of phenolic OH excluding ortho intramolecular Hbond substituents is 1. The Morgan fingerprint density at radius 1 is 1.36 bits per heavy atom. The Bertz CT molecular complexity index is 263. The Morgan fingerprint density at radius 2 is 2.07 bits per heavy atom. The minimum Gasteiger partial charge on any atom is -0.508 e. The van der Waals surface area contributed by atoms with Crippen LogP contribution in [-0.4, -0.2) is 16.3 Å². The number of hydrogen-bond donors (Lipinski definition) is 2. The third kappa shape index (κ3) is 4.49. The van der Waals surface area contributed by atoms with E-state index in [2.05, 4.69) is 0 Å². The summed E-state index contributed by atoms with van der Waals surface area (Å²) in [5.41, 5.74) is 1.08. The molecule has 0 aliphatic rings.